The van der Waals surface area contributed by atoms with Gasteiger partial charge in [0.05, 0.1) is 0 Å². The smallest absolute Gasteiger partial charge is 0.0337 e. The van der Waals surface area contributed by atoms with Crippen LogP contribution < -0.4 is 5.32 Å². The molecule has 0 saturated heterocycles. The first kappa shape index (κ1) is 11.1. The lowest BCUT2D eigenvalue weighted by atomic mass is 10.2. The van der Waals surface area contributed by atoms with Gasteiger partial charge in [0.15, 0.2) is 0 Å². The van der Waals surface area contributed by atoms with Gasteiger partial charge >= 0.3 is 0 Å². The average molecular weight is 192 g/mol. The Labute approximate surface area is 86.9 Å². The molecule has 0 unspecified atom stereocenters. The molecule has 0 spiro atoms. The molecule has 0 amide bonds. The van der Waals surface area contributed by atoms with Gasteiger partial charge in [0, 0.05) is 25.3 Å². The molecule has 2 nitrogen and oxygen atoms in total. The van der Waals surface area contributed by atoms with Gasteiger partial charge in [-0.3, -0.25) is 4.90 Å². The normalized spacial score (nSPS) is 11.0. The van der Waals surface area contributed by atoms with E-state index in [2.05, 4.69) is 55.4 Å². The van der Waals surface area contributed by atoms with E-state index >= 15 is 0 Å². The molecule has 0 atom stereocenters. The van der Waals surface area contributed by atoms with Crippen molar-refractivity contribution in [2.75, 3.05) is 19.4 Å². The van der Waals surface area contributed by atoms with Crippen LogP contribution in [0.25, 0.3) is 0 Å². The number of nitrogens with zero attached hydrogens (tertiary/aromatic N) is 1. The molecular formula is C12H20N2. The minimum Gasteiger partial charge on any atom is -0.388 e. The third-order valence-corrected chi connectivity index (χ3v) is 2.56. The number of anilines is 1. The molecule has 78 valence electrons. The summed E-state index contributed by atoms with van der Waals surface area (Å²) in [6.45, 7) is 5.44. The molecule has 2 heteroatoms. The highest BCUT2D eigenvalue weighted by Gasteiger charge is 2.03. The van der Waals surface area contributed by atoms with E-state index in [0.29, 0.717) is 6.04 Å². The zero-order valence-corrected chi connectivity index (χ0v) is 9.54. The van der Waals surface area contributed by atoms with E-state index in [0.717, 1.165) is 6.54 Å². The van der Waals surface area contributed by atoms with Crippen molar-refractivity contribution in [2.24, 2.45) is 0 Å². The second-order valence-electron chi connectivity index (χ2n) is 3.96. The van der Waals surface area contributed by atoms with Crippen LogP contribution in [0.4, 0.5) is 5.69 Å². The third kappa shape index (κ3) is 3.04. The Morgan fingerprint density at radius 2 is 1.79 bits per heavy atom. The van der Waals surface area contributed by atoms with Crippen molar-refractivity contribution < 1.29 is 0 Å². The number of hydrogen-bond donors (Lipinski definition) is 1. The molecule has 1 rings (SSSR count). The van der Waals surface area contributed by atoms with Crippen molar-refractivity contribution in [2.45, 2.75) is 26.4 Å². The van der Waals surface area contributed by atoms with Gasteiger partial charge in [-0.1, -0.05) is 12.1 Å². The summed E-state index contributed by atoms with van der Waals surface area (Å²) in [5.41, 5.74) is 2.53. The van der Waals surface area contributed by atoms with Crippen LogP contribution in [-0.2, 0) is 6.54 Å². The molecule has 1 aromatic rings. The fourth-order valence-corrected chi connectivity index (χ4v) is 1.25. The van der Waals surface area contributed by atoms with Crippen LogP contribution in [0.3, 0.4) is 0 Å². The predicted octanol–water partition coefficient (Wildman–Crippen LogP) is 2.57. The Balaban J connectivity index is 2.59. The van der Waals surface area contributed by atoms with E-state index in [1.807, 2.05) is 7.05 Å². The fourth-order valence-electron chi connectivity index (χ4n) is 1.25. The van der Waals surface area contributed by atoms with Crippen molar-refractivity contribution in [3.63, 3.8) is 0 Å². The summed E-state index contributed by atoms with van der Waals surface area (Å²) in [5, 5.41) is 3.12. The maximum absolute atomic E-state index is 3.12. The van der Waals surface area contributed by atoms with Gasteiger partial charge in [0.2, 0.25) is 0 Å². The molecule has 1 aromatic carbocycles. The topological polar surface area (TPSA) is 15.3 Å². The molecule has 0 saturated carbocycles. The zero-order chi connectivity index (χ0) is 10.6. The molecule has 0 aliphatic heterocycles. The van der Waals surface area contributed by atoms with E-state index in [1.54, 1.807) is 0 Å². The van der Waals surface area contributed by atoms with Crippen molar-refractivity contribution in [1.82, 2.24) is 4.90 Å². The monoisotopic (exact) mass is 192 g/mol. The van der Waals surface area contributed by atoms with Crippen molar-refractivity contribution in [3.05, 3.63) is 29.8 Å². The molecule has 0 fully saturated rings. The fraction of sp³-hybridized carbons (Fsp3) is 0.500. The van der Waals surface area contributed by atoms with Gasteiger partial charge in [-0.2, -0.15) is 0 Å². The molecule has 0 radical (unpaired) electrons. The Bertz CT molecular complexity index is 264. The molecule has 0 aliphatic rings. The molecular weight excluding hydrogens is 172 g/mol. The van der Waals surface area contributed by atoms with Crippen molar-refractivity contribution >= 4 is 5.69 Å². The lowest BCUT2D eigenvalue weighted by molar-refractivity contribution is 0.266. The Morgan fingerprint density at radius 3 is 2.21 bits per heavy atom. The molecule has 0 heterocycles. The quantitative estimate of drug-likeness (QED) is 0.788. The van der Waals surface area contributed by atoms with Crippen LogP contribution in [-0.4, -0.2) is 25.0 Å². The van der Waals surface area contributed by atoms with E-state index in [1.165, 1.54) is 11.3 Å². The summed E-state index contributed by atoms with van der Waals surface area (Å²) in [6.07, 6.45) is 0. The average Bonchev–Trinajstić information content (AvgIpc) is 2.19. The largest absolute Gasteiger partial charge is 0.388 e. The van der Waals surface area contributed by atoms with Gasteiger partial charge < -0.3 is 5.32 Å². The minimum absolute atomic E-state index is 0.596. The van der Waals surface area contributed by atoms with Crippen LogP contribution >= 0.6 is 0 Å². The summed E-state index contributed by atoms with van der Waals surface area (Å²) in [5.74, 6) is 0. The Hall–Kier alpha value is -1.02. The molecule has 1 N–H and O–H groups in total. The van der Waals surface area contributed by atoms with Gasteiger partial charge in [0.25, 0.3) is 0 Å². The maximum atomic E-state index is 3.12. The number of hydrogen-bond acceptors (Lipinski definition) is 2. The summed E-state index contributed by atoms with van der Waals surface area (Å²) in [6, 6.07) is 9.17. The number of nitrogens with one attached hydrogen (secondary N) is 1. The van der Waals surface area contributed by atoms with Gasteiger partial charge in [-0.15, -0.1) is 0 Å². The second-order valence-corrected chi connectivity index (χ2v) is 3.96. The first-order valence-corrected chi connectivity index (χ1v) is 5.10. The van der Waals surface area contributed by atoms with Gasteiger partial charge in [0.1, 0.15) is 0 Å². The van der Waals surface area contributed by atoms with Crippen LogP contribution in [0.1, 0.15) is 19.4 Å². The minimum atomic E-state index is 0.596. The lowest BCUT2D eigenvalue weighted by Crippen LogP contribution is -2.25. The molecule has 0 aromatic heterocycles. The summed E-state index contributed by atoms with van der Waals surface area (Å²) in [4.78, 5) is 2.33. The number of benzene rings is 1. The van der Waals surface area contributed by atoms with E-state index in [-0.39, 0.29) is 0 Å². The van der Waals surface area contributed by atoms with Crippen molar-refractivity contribution in [1.29, 1.82) is 0 Å². The molecule has 0 bridgehead atoms. The highest BCUT2D eigenvalue weighted by atomic mass is 15.1. The highest BCUT2D eigenvalue weighted by molar-refractivity contribution is 5.43. The summed E-state index contributed by atoms with van der Waals surface area (Å²) >= 11 is 0. The van der Waals surface area contributed by atoms with E-state index in [9.17, 15) is 0 Å². The van der Waals surface area contributed by atoms with Crippen LogP contribution in [0.15, 0.2) is 24.3 Å². The SMILES string of the molecule is CNc1ccc(CN(C)C(C)C)cc1. The molecule has 0 aliphatic carbocycles. The zero-order valence-electron chi connectivity index (χ0n) is 9.54. The van der Waals surface area contributed by atoms with Crippen LogP contribution in [0.2, 0.25) is 0 Å². The lowest BCUT2D eigenvalue weighted by Gasteiger charge is -2.20. The highest BCUT2D eigenvalue weighted by Crippen LogP contribution is 2.11. The van der Waals surface area contributed by atoms with E-state index < -0.39 is 0 Å². The summed E-state index contributed by atoms with van der Waals surface area (Å²) in [7, 11) is 4.09. The van der Waals surface area contributed by atoms with Crippen LogP contribution in [0, 0.1) is 0 Å². The number of rotatable bonds is 4. The Morgan fingerprint density at radius 1 is 1.21 bits per heavy atom. The summed E-state index contributed by atoms with van der Waals surface area (Å²) < 4.78 is 0. The second kappa shape index (κ2) is 5.01. The molecule has 14 heavy (non-hydrogen) atoms. The van der Waals surface area contributed by atoms with Crippen LogP contribution in [0.5, 0.6) is 0 Å². The third-order valence-electron chi connectivity index (χ3n) is 2.56. The first-order chi connectivity index (χ1) is 6.63. The van der Waals surface area contributed by atoms with Gasteiger partial charge in [-0.05, 0) is 38.6 Å². The van der Waals surface area contributed by atoms with Gasteiger partial charge in [-0.25, -0.2) is 0 Å². The standard InChI is InChI=1S/C12H20N2/c1-10(2)14(4)9-11-5-7-12(13-3)8-6-11/h5-8,10,13H,9H2,1-4H3. The van der Waals surface area contributed by atoms with E-state index in [4.69, 9.17) is 0 Å². The predicted molar refractivity (Wildman–Crippen MR) is 62.6 cm³/mol. The maximum Gasteiger partial charge on any atom is 0.0337 e. The Kier molecular flexibility index (Phi) is 3.96. The first-order valence-electron chi connectivity index (χ1n) is 5.10. The van der Waals surface area contributed by atoms with Crippen molar-refractivity contribution in [3.8, 4) is 0 Å².